The molecule has 0 unspecified atom stereocenters. The summed E-state index contributed by atoms with van der Waals surface area (Å²) in [4.78, 5) is 25.6. The minimum atomic E-state index is -0.0334. The molecular formula is C27H26N6OS. The Hall–Kier alpha value is -3.75. The summed E-state index contributed by atoms with van der Waals surface area (Å²) in [5.74, 6) is 0. The molecule has 0 fully saturated rings. The predicted octanol–water partition coefficient (Wildman–Crippen LogP) is 4.82. The molecule has 5 rings (SSSR count). The first-order valence-electron chi connectivity index (χ1n) is 11.5. The fourth-order valence-electron chi connectivity index (χ4n) is 4.04. The number of H-pyrrole nitrogens is 2. The Balaban J connectivity index is 1.35. The van der Waals surface area contributed by atoms with Gasteiger partial charge in [-0.25, -0.2) is 15.0 Å². The van der Waals surface area contributed by atoms with Crippen LogP contribution >= 0.6 is 11.8 Å². The molecule has 3 heterocycles. The number of rotatable bonds is 9. The van der Waals surface area contributed by atoms with Gasteiger partial charge < -0.3 is 10.4 Å². The topological polar surface area (TPSA) is 99.3 Å². The average molecular weight is 483 g/mol. The molecule has 0 amide bonds. The zero-order chi connectivity index (χ0) is 24.0. The van der Waals surface area contributed by atoms with Gasteiger partial charge in [0.15, 0.2) is 10.8 Å². The van der Waals surface area contributed by atoms with Gasteiger partial charge >= 0.3 is 0 Å². The van der Waals surface area contributed by atoms with Crippen molar-refractivity contribution in [3.63, 3.8) is 0 Å². The van der Waals surface area contributed by atoms with Crippen molar-refractivity contribution in [2.24, 2.45) is 0 Å². The lowest BCUT2D eigenvalue weighted by Gasteiger charge is -2.12. The van der Waals surface area contributed by atoms with Crippen molar-refractivity contribution in [3.05, 3.63) is 94.5 Å². The van der Waals surface area contributed by atoms with Crippen LogP contribution in [0.15, 0.2) is 83.0 Å². The highest BCUT2D eigenvalue weighted by molar-refractivity contribution is 7.98. The van der Waals surface area contributed by atoms with Crippen molar-refractivity contribution < 1.29 is 0 Å². The van der Waals surface area contributed by atoms with E-state index in [9.17, 15) is 4.79 Å². The summed E-state index contributed by atoms with van der Waals surface area (Å²) in [7, 11) is 0. The molecule has 0 aliphatic heterocycles. The maximum atomic E-state index is 11.6. The molecule has 0 radical (unpaired) electrons. The maximum absolute atomic E-state index is 11.6. The molecule has 0 aliphatic rings. The number of nitrogens with one attached hydrogen (secondary N) is 3. The number of hydrogen-bond donors (Lipinski definition) is 3. The monoisotopic (exact) mass is 482 g/mol. The van der Waals surface area contributed by atoms with Crippen molar-refractivity contribution in [1.82, 2.24) is 30.5 Å². The molecule has 5 aromatic rings. The van der Waals surface area contributed by atoms with E-state index < -0.39 is 0 Å². The molecule has 0 bridgehead atoms. The summed E-state index contributed by atoms with van der Waals surface area (Å²) in [6, 6.07) is 20.9. The number of fused-ring (bicyclic) bond motifs is 1. The van der Waals surface area contributed by atoms with Crippen molar-refractivity contribution in [1.29, 1.82) is 0 Å². The second kappa shape index (κ2) is 10.7. The fraction of sp³-hybridized carbons (Fsp3) is 0.185. The number of aromatic amines is 2. The fourth-order valence-corrected chi connectivity index (χ4v) is 4.38. The Labute approximate surface area is 207 Å². The number of thioether (sulfide) groups is 1. The Kier molecular flexibility index (Phi) is 7.02. The Bertz CT molecular complexity index is 1480. The van der Waals surface area contributed by atoms with Crippen LogP contribution in [-0.4, -0.2) is 37.9 Å². The maximum Gasteiger partial charge on any atom is 0.267 e. The summed E-state index contributed by atoms with van der Waals surface area (Å²) in [5.41, 5.74) is 6.78. The minimum Gasteiger partial charge on any atom is -0.313 e. The van der Waals surface area contributed by atoms with Crippen LogP contribution in [0.1, 0.15) is 17.5 Å². The lowest BCUT2D eigenvalue weighted by molar-refractivity contribution is 0.648. The molecule has 3 N–H and O–H groups in total. The van der Waals surface area contributed by atoms with Crippen LogP contribution in [0.2, 0.25) is 0 Å². The molecule has 35 heavy (non-hydrogen) atoms. The number of aryl methyl sites for hydroxylation is 1. The Morgan fingerprint density at radius 2 is 1.83 bits per heavy atom. The quantitative estimate of drug-likeness (QED) is 0.158. The summed E-state index contributed by atoms with van der Waals surface area (Å²) in [6.07, 6.45) is 7.20. The predicted molar refractivity (Wildman–Crippen MR) is 141 cm³/mol. The highest BCUT2D eigenvalue weighted by Crippen LogP contribution is 2.33. The van der Waals surface area contributed by atoms with Crippen LogP contribution in [0.4, 0.5) is 0 Å². The van der Waals surface area contributed by atoms with E-state index in [1.807, 2.05) is 30.7 Å². The smallest absolute Gasteiger partial charge is 0.267 e. The highest BCUT2D eigenvalue weighted by Gasteiger charge is 2.13. The lowest BCUT2D eigenvalue weighted by atomic mass is 9.98. The molecule has 0 spiro atoms. The van der Waals surface area contributed by atoms with Gasteiger partial charge in [0.25, 0.3) is 5.56 Å². The summed E-state index contributed by atoms with van der Waals surface area (Å²) >= 11 is 1.51. The molecule has 0 saturated carbocycles. The molecule has 176 valence electrons. The third kappa shape index (κ3) is 5.34. The molecule has 8 heteroatoms. The van der Waals surface area contributed by atoms with Gasteiger partial charge in [-0.1, -0.05) is 66.4 Å². The largest absolute Gasteiger partial charge is 0.313 e. The van der Waals surface area contributed by atoms with E-state index in [0.717, 1.165) is 59.3 Å². The van der Waals surface area contributed by atoms with E-state index in [0.29, 0.717) is 10.8 Å². The van der Waals surface area contributed by atoms with Crippen LogP contribution in [0.3, 0.4) is 0 Å². The third-order valence-electron chi connectivity index (χ3n) is 5.89. The first kappa shape index (κ1) is 23.0. The van der Waals surface area contributed by atoms with Gasteiger partial charge in [0.1, 0.15) is 0 Å². The molecule has 0 aliphatic carbocycles. The van der Waals surface area contributed by atoms with Crippen molar-refractivity contribution in [3.8, 4) is 22.4 Å². The van der Waals surface area contributed by atoms with E-state index in [4.69, 9.17) is 4.98 Å². The molecule has 2 aromatic carbocycles. The van der Waals surface area contributed by atoms with Gasteiger partial charge in [0, 0.05) is 41.0 Å². The summed E-state index contributed by atoms with van der Waals surface area (Å²) in [6.45, 7) is 1.61. The SMILES string of the molecule is CSc1ncc2cc(-c3ccccc3)c(-c3ccc(CNCCCc4c[nH][nH]c4=O)cc3)nc2n1. The molecule has 0 saturated heterocycles. The van der Waals surface area contributed by atoms with Crippen LogP contribution < -0.4 is 10.9 Å². The van der Waals surface area contributed by atoms with Gasteiger partial charge in [0.05, 0.1) is 5.69 Å². The summed E-state index contributed by atoms with van der Waals surface area (Å²) < 4.78 is 0. The minimum absolute atomic E-state index is 0.0334. The third-order valence-corrected chi connectivity index (χ3v) is 6.46. The van der Waals surface area contributed by atoms with E-state index in [1.54, 1.807) is 6.20 Å². The Morgan fingerprint density at radius 3 is 2.57 bits per heavy atom. The average Bonchev–Trinajstić information content (AvgIpc) is 3.32. The normalized spacial score (nSPS) is 11.2. The van der Waals surface area contributed by atoms with Gasteiger partial charge in [-0.2, -0.15) is 0 Å². The molecule has 7 nitrogen and oxygen atoms in total. The summed E-state index contributed by atoms with van der Waals surface area (Å²) in [5, 5.41) is 10.4. The van der Waals surface area contributed by atoms with Crippen molar-refractivity contribution >= 4 is 22.8 Å². The van der Waals surface area contributed by atoms with Crippen LogP contribution in [0, 0.1) is 0 Å². The number of nitrogens with zero attached hydrogens (tertiary/aromatic N) is 3. The van der Waals surface area contributed by atoms with E-state index in [1.165, 1.54) is 17.3 Å². The van der Waals surface area contributed by atoms with Gasteiger partial charge in [-0.3, -0.25) is 9.89 Å². The standard InChI is InChI=1S/C27H26N6OS/c1-35-27-29-16-22-14-23(19-6-3-2-4-7-19)24(31-25(22)32-27)20-11-9-18(10-12-20)15-28-13-5-8-21-17-30-33-26(21)34/h2-4,6-7,9-12,14,16-17,28H,5,8,13,15H2,1H3,(H2,30,33,34). The first-order chi connectivity index (χ1) is 17.2. The number of hydrogen-bond acceptors (Lipinski definition) is 6. The zero-order valence-electron chi connectivity index (χ0n) is 19.4. The lowest BCUT2D eigenvalue weighted by Crippen LogP contribution is -2.16. The number of aromatic nitrogens is 5. The highest BCUT2D eigenvalue weighted by atomic mass is 32.2. The van der Waals surface area contributed by atoms with E-state index in [2.05, 4.69) is 67.9 Å². The van der Waals surface area contributed by atoms with E-state index in [-0.39, 0.29) is 5.56 Å². The van der Waals surface area contributed by atoms with Crippen molar-refractivity contribution in [2.75, 3.05) is 12.8 Å². The molecule has 3 aromatic heterocycles. The van der Waals surface area contributed by atoms with Crippen molar-refractivity contribution in [2.45, 2.75) is 24.5 Å². The number of benzene rings is 2. The van der Waals surface area contributed by atoms with Gasteiger partial charge in [-0.05, 0) is 42.8 Å². The van der Waals surface area contributed by atoms with E-state index >= 15 is 0 Å². The molecule has 0 atom stereocenters. The van der Waals surface area contributed by atoms with Crippen LogP contribution in [-0.2, 0) is 13.0 Å². The van der Waals surface area contributed by atoms with Gasteiger partial charge in [0.2, 0.25) is 0 Å². The second-order valence-corrected chi connectivity index (χ2v) is 9.04. The van der Waals surface area contributed by atoms with Crippen LogP contribution in [0.25, 0.3) is 33.4 Å². The second-order valence-electron chi connectivity index (χ2n) is 8.27. The Morgan fingerprint density at radius 1 is 1.00 bits per heavy atom. The zero-order valence-corrected chi connectivity index (χ0v) is 20.2. The first-order valence-corrected chi connectivity index (χ1v) is 12.8. The molecular weight excluding hydrogens is 456 g/mol. The van der Waals surface area contributed by atoms with Crippen LogP contribution in [0.5, 0.6) is 0 Å². The van der Waals surface area contributed by atoms with Gasteiger partial charge in [-0.15, -0.1) is 0 Å². The number of pyridine rings is 1.